The first-order valence-corrected chi connectivity index (χ1v) is 12.9. The van der Waals surface area contributed by atoms with E-state index in [1.54, 1.807) is 17.0 Å². The minimum absolute atomic E-state index is 0.0274. The number of hydrogen-bond acceptors (Lipinski definition) is 5. The van der Waals surface area contributed by atoms with Crippen LogP contribution in [0.3, 0.4) is 0 Å². The van der Waals surface area contributed by atoms with E-state index in [1.807, 2.05) is 6.92 Å². The van der Waals surface area contributed by atoms with Crippen LogP contribution in [0.5, 0.6) is 5.75 Å². The van der Waals surface area contributed by atoms with Crippen LogP contribution in [0.2, 0.25) is 0 Å². The van der Waals surface area contributed by atoms with Gasteiger partial charge in [0.05, 0.1) is 12.4 Å². The number of unbranched alkanes of at least 4 members (excludes halogenated alkanes) is 2. The lowest BCUT2D eigenvalue weighted by atomic mass is 10.1. The second kappa shape index (κ2) is 11.1. The molecule has 2 fully saturated rings. The molecular formula is C22H32FN3O5S. The maximum atomic E-state index is 14.1. The molecule has 1 aromatic carbocycles. The first-order chi connectivity index (χ1) is 15.3. The van der Waals surface area contributed by atoms with Gasteiger partial charge in [-0.25, -0.2) is 22.3 Å². The number of benzene rings is 1. The summed E-state index contributed by atoms with van der Waals surface area (Å²) in [6.45, 7) is 3.24. The zero-order valence-corrected chi connectivity index (χ0v) is 19.3. The minimum atomic E-state index is -3.53. The molecule has 32 heavy (non-hydrogen) atoms. The summed E-state index contributed by atoms with van der Waals surface area (Å²) in [6, 6.07) is 3.64. The van der Waals surface area contributed by atoms with Crippen molar-refractivity contribution in [3.05, 3.63) is 29.6 Å². The molecule has 2 N–H and O–H groups in total. The Morgan fingerprint density at radius 1 is 1.25 bits per heavy atom. The summed E-state index contributed by atoms with van der Waals surface area (Å²) < 4.78 is 47.5. The maximum Gasteiger partial charge on any atom is 0.324 e. The quantitative estimate of drug-likeness (QED) is 0.432. The van der Waals surface area contributed by atoms with E-state index in [2.05, 4.69) is 10.0 Å². The van der Waals surface area contributed by atoms with E-state index in [0.29, 0.717) is 63.3 Å². The Hall–Kier alpha value is -2.20. The van der Waals surface area contributed by atoms with Crippen molar-refractivity contribution in [1.82, 2.24) is 14.9 Å². The van der Waals surface area contributed by atoms with Crippen LogP contribution in [-0.2, 0) is 14.8 Å². The molecule has 0 bridgehead atoms. The van der Waals surface area contributed by atoms with Crippen molar-refractivity contribution in [2.45, 2.75) is 57.9 Å². The molecule has 178 valence electrons. The summed E-state index contributed by atoms with van der Waals surface area (Å²) in [7, 11) is -3.53. The summed E-state index contributed by atoms with van der Waals surface area (Å²) in [4.78, 5) is 24.4. The summed E-state index contributed by atoms with van der Waals surface area (Å²) in [5, 5.41) is 2.27. The van der Waals surface area contributed by atoms with Gasteiger partial charge in [0.1, 0.15) is 0 Å². The molecule has 2 aliphatic rings. The van der Waals surface area contributed by atoms with Crippen molar-refractivity contribution < 1.29 is 27.1 Å². The third kappa shape index (κ3) is 7.44. The van der Waals surface area contributed by atoms with Crippen LogP contribution in [0.4, 0.5) is 9.18 Å². The number of carbonyl (C=O) groups excluding carboxylic acids is 2. The van der Waals surface area contributed by atoms with E-state index in [-0.39, 0.29) is 23.4 Å². The lowest BCUT2D eigenvalue weighted by Gasteiger charge is -2.26. The highest BCUT2D eigenvalue weighted by Crippen LogP contribution is 2.31. The number of imide groups is 1. The molecule has 0 aromatic heterocycles. The molecule has 1 saturated heterocycles. The van der Waals surface area contributed by atoms with E-state index in [4.69, 9.17) is 4.74 Å². The summed E-state index contributed by atoms with van der Waals surface area (Å²) in [6.07, 6.45) is 4.78. The van der Waals surface area contributed by atoms with Gasteiger partial charge in [-0.2, -0.15) is 0 Å². The molecule has 10 heteroatoms. The highest BCUT2D eigenvalue weighted by molar-refractivity contribution is 7.89. The van der Waals surface area contributed by atoms with E-state index < -0.39 is 21.9 Å². The molecule has 0 radical (unpaired) electrons. The van der Waals surface area contributed by atoms with Crippen molar-refractivity contribution >= 4 is 22.0 Å². The Kier molecular flexibility index (Phi) is 8.47. The molecule has 1 heterocycles. The Bertz CT molecular complexity index is 920. The highest BCUT2D eigenvalue weighted by Gasteiger charge is 2.24. The van der Waals surface area contributed by atoms with Crippen LogP contribution in [0.1, 0.15) is 63.5 Å². The zero-order chi connectivity index (χ0) is 23.1. The third-order valence-electron chi connectivity index (χ3n) is 5.74. The van der Waals surface area contributed by atoms with Gasteiger partial charge >= 0.3 is 6.03 Å². The summed E-state index contributed by atoms with van der Waals surface area (Å²) in [5.74, 6) is -0.0863. The van der Waals surface area contributed by atoms with Gasteiger partial charge in [-0.3, -0.25) is 10.1 Å². The van der Waals surface area contributed by atoms with Crippen molar-refractivity contribution in [2.24, 2.45) is 5.92 Å². The number of hydrogen-bond donors (Lipinski definition) is 2. The Labute approximate surface area is 188 Å². The van der Waals surface area contributed by atoms with Crippen LogP contribution in [0.15, 0.2) is 18.2 Å². The topological polar surface area (TPSA) is 105 Å². The lowest BCUT2D eigenvalue weighted by molar-refractivity contribution is -0.121. The number of ether oxygens (including phenoxy) is 1. The van der Waals surface area contributed by atoms with Crippen LogP contribution in [0.25, 0.3) is 0 Å². The molecular weight excluding hydrogens is 437 g/mol. The molecule has 0 unspecified atom stereocenters. The van der Waals surface area contributed by atoms with Crippen LogP contribution in [0, 0.1) is 11.7 Å². The van der Waals surface area contributed by atoms with Gasteiger partial charge < -0.3 is 9.64 Å². The van der Waals surface area contributed by atoms with Crippen molar-refractivity contribution in [1.29, 1.82) is 0 Å². The second-order valence-electron chi connectivity index (χ2n) is 8.49. The van der Waals surface area contributed by atoms with E-state index in [9.17, 15) is 22.4 Å². The predicted molar refractivity (Wildman–Crippen MR) is 118 cm³/mol. The van der Waals surface area contributed by atoms with Gasteiger partial charge in [0.25, 0.3) is 0 Å². The van der Waals surface area contributed by atoms with Crippen LogP contribution < -0.4 is 14.8 Å². The number of rotatable bonds is 13. The van der Waals surface area contributed by atoms with E-state index in [1.165, 1.54) is 6.07 Å². The van der Waals surface area contributed by atoms with Crippen LogP contribution >= 0.6 is 0 Å². The van der Waals surface area contributed by atoms with Crippen molar-refractivity contribution in [2.75, 3.05) is 25.4 Å². The van der Waals surface area contributed by atoms with Gasteiger partial charge in [0.15, 0.2) is 11.6 Å². The highest BCUT2D eigenvalue weighted by atomic mass is 32.2. The number of sulfonamides is 1. The predicted octanol–water partition coefficient (Wildman–Crippen LogP) is 3.10. The molecule has 1 aromatic rings. The monoisotopic (exact) mass is 469 g/mol. The average Bonchev–Trinajstić information content (AvgIpc) is 3.57. The summed E-state index contributed by atoms with van der Waals surface area (Å²) >= 11 is 0. The molecule has 1 aliphatic heterocycles. The fraction of sp³-hybridized carbons (Fsp3) is 0.636. The molecule has 3 rings (SSSR count). The first kappa shape index (κ1) is 24.4. The van der Waals surface area contributed by atoms with Crippen LogP contribution in [-0.4, -0.2) is 50.7 Å². The molecule has 1 aliphatic carbocycles. The summed E-state index contributed by atoms with van der Waals surface area (Å²) in [5.41, 5.74) is 0.675. The van der Waals surface area contributed by atoms with Gasteiger partial charge in [-0.15, -0.1) is 0 Å². The smallest absolute Gasteiger partial charge is 0.324 e. The van der Waals surface area contributed by atoms with Crippen molar-refractivity contribution in [3.8, 4) is 5.75 Å². The maximum absolute atomic E-state index is 14.1. The average molecular weight is 470 g/mol. The van der Waals surface area contributed by atoms with Gasteiger partial charge in [-0.1, -0.05) is 19.4 Å². The normalized spacial score (nSPS) is 17.9. The van der Waals surface area contributed by atoms with Crippen molar-refractivity contribution in [3.63, 3.8) is 0 Å². The lowest BCUT2D eigenvalue weighted by Crippen LogP contribution is -2.49. The Morgan fingerprint density at radius 3 is 2.72 bits per heavy atom. The zero-order valence-electron chi connectivity index (χ0n) is 18.4. The number of urea groups is 1. The first-order valence-electron chi connectivity index (χ1n) is 11.3. The number of nitrogens with one attached hydrogen (secondary N) is 2. The molecule has 3 amide bonds. The number of halogens is 1. The Balaban J connectivity index is 1.45. The van der Waals surface area contributed by atoms with E-state index in [0.717, 1.165) is 12.8 Å². The molecule has 8 nitrogen and oxygen atoms in total. The van der Waals surface area contributed by atoms with Gasteiger partial charge in [-0.05, 0) is 55.7 Å². The second-order valence-corrected chi connectivity index (χ2v) is 10.4. The Morgan fingerprint density at radius 2 is 2.03 bits per heavy atom. The molecule has 1 atom stereocenters. The third-order valence-corrected chi connectivity index (χ3v) is 7.21. The van der Waals surface area contributed by atoms with E-state index >= 15 is 0 Å². The molecule has 1 saturated carbocycles. The largest absolute Gasteiger partial charge is 0.490 e. The van der Waals surface area contributed by atoms with Gasteiger partial charge in [0.2, 0.25) is 15.9 Å². The standard InChI is InChI=1S/C22H32FN3O5S/c1-2-19(17-8-9-18(23)20(14-17)31-15-16-6-7-16)25-32(29,30)13-5-3-4-11-26-12-10-21(27)24-22(26)28/h8-9,14,16,19,25H,2-7,10-13,15H2,1H3,(H,24,27,28)/t19-/m1/s1. The fourth-order valence-corrected chi connectivity index (χ4v) is 5.02. The SMILES string of the molecule is CC[C@@H](NS(=O)(=O)CCCCCN1CCC(=O)NC1=O)c1ccc(F)c(OCC2CC2)c1. The number of nitrogens with zero attached hydrogens (tertiary/aromatic N) is 1. The fourth-order valence-electron chi connectivity index (χ4n) is 3.59. The van der Waals surface area contributed by atoms with Gasteiger partial charge in [0, 0.05) is 25.6 Å². The minimum Gasteiger partial charge on any atom is -0.490 e. The molecule has 0 spiro atoms. The number of carbonyl (C=O) groups is 2. The number of amides is 3.